The van der Waals surface area contributed by atoms with E-state index in [1.807, 2.05) is 0 Å². The molecular formula is C11H13FO2S. The van der Waals surface area contributed by atoms with Gasteiger partial charge in [-0.2, -0.15) is 0 Å². The van der Waals surface area contributed by atoms with E-state index in [4.69, 9.17) is 5.11 Å². The van der Waals surface area contributed by atoms with Gasteiger partial charge in [0.05, 0.1) is 0 Å². The molecular weight excluding hydrogens is 215 g/mol. The first kappa shape index (κ1) is 12.0. The zero-order valence-corrected chi connectivity index (χ0v) is 9.10. The molecule has 1 aromatic rings. The third-order valence-corrected chi connectivity index (χ3v) is 2.97. The van der Waals surface area contributed by atoms with E-state index in [0.717, 1.165) is 17.1 Å². The van der Waals surface area contributed by atoms with Crippen LogP contribution in [0.4, 0.5) is 4.39 Å². The molecule has 0 aliphatic rings. The zero-order chi connectivity index (χ0) is 11.1. The van der Waals surface area contributed by atoms with Crippen molar-refractivity contribution < 1.29 is 14.3 Å². The Hall–Kier alpha value is -1.03. The molecule has 0 aromatic heterocycles. The standard InChI is InChI=1S/C11H13FO2S/c12-9-4-6-10(7-5-9)15-8-2-1-3-11(13)14/h4-7H,1-3,8H2,(H,13,14). The lowest BCUT2D eigenvalue weighted by molar-refractivity contribution is -0.137. The minimum absolute atomic E-state index is 0.226. The SMILES string of the molecule is O=C(O)CCCCSc1ccc(F)cc1. The first-order chi connectivity index (χ1) is 7.18. The van der Waals surface area contributed by atoms with E-state index in [-0.39, 0.29) is 12.2 Å². The van der Waals surface area contributed by atoms with E-state index in [1.54, 1.807) is 23.9 Å². The predicted molar refractivity (Wildman–Crippen MR) is 58.6 cm³/mol. The highest BCUT2D eigenvalue weighted by Crippen LogP contribution is 2.19. The smallest absolute Gasteiger partial charge is 0.303 e. The number of thioether (sulfide) groups is 1. The summed E-state index contributed by atoms with van der Waals surface area (Å²) in [5.41, 5.74) is 0. The van der Waals surface area contributed by atoms with Crippen LogP contribution in [0.25, 0.3) is 0 Å². The van der Waals surface area contributed by atoms with Crippen LogP contribution in [0, 0.1) is 5.82 Å². The molecule has 0 saturated carbocycles. The first-order valence-electron chi connectivity index (χ1n) is 4.78. The molecule has 1 N–H and O–H groups in total. The lowest BCUT2D eigenvalue weighted by Crippen LogP contribution is -1.94. The van der Waals surface area contributed by atoms with Gasteiger partial charge in [-0.1, -0.05) is 0 Å². The van der Waals surface area contributed by atoms with Gasteiger partial charge in [0.25, 0.3) is 0 Å². The molecule has 0 heterocycles. The number of rotatable bonds is 6. The number of carboxylic acids is 1. The van der Waals surface area contributed by atoms with Crippen LogP contribution in [0.3, 0.4) is 0 Å². The summed E-state index contributed by atoms with van der Waals surface area (Å²) in [4.78, 5) is 11.2. The lowest BCUT2D eigenvalue weighted by Gasteiger charge is -2.00. The highest BCUT2D eigenvalue weighted by Gasteiger charge is 1.98. The second kappa shape index (κ2) is 6.45. The summed E-state index contributed by atoms with van der Waals surface area (Å²) in [5.74, 6) is -0.106. The van der Waals surface area contributed by atoms with Crippen molar-refractivity contribution in [2.24, 2.45) is 0 Å². The number of hydrogen-bond acceptors (Lipinski definition) is 2. The number of unbranched alkanes of at least 4 members (excludes halogenated alkanes) is 1. The van der Waals surface area contributed by atoms with E-state index in [9.17, 15) is 9.18 Å². The molecule has 0 atom stereocenters. The summed E-state index contributed by atoms with van der Waals surface area (Å²) in [6.07, 6.45) is 1.79. The van der Waals surface area contributed by atoms with Crippen LogP contribution in [0.5, 0.6) is 0 Å². The van der Waals surface area contributed by atoms with Crippen LogP contribution in [0.2, 0.25) is 0 Å². The average molecular weight is 228 g/mol. The quantitative estimate of drug-likeness (QED) is 0.600. The molecule has 0 spiro atoms. The molecule has 0 amide bonds. The van der Waals surface area contributed by atoms with Crippen LogP contribution < -0.4 is 0 Å². The summed E-state index contributed by atoms with van der Waals surface area (Å²) in [6.45, 7) is 0. The van der Waals surface area contributed by atoms with Gasteiger partial charge < -0.3 is 5.11 Å². The van der Waals surface area contributed by atoms with E-state index in [0.29, 0.717) is 6.42 Å². The van der Waals surface area contributed by atoms with Gasteiger partial charge in [-0.25, -0.2) is 4.39 Å². The fraction of sp³-hybridized carbons (Fsp3) is 0.364. The number of benzene rings is 1. The normalized spacial score (nSPS) is 10.2. The zero-order valence-electron chi connectivity index (χ0n) is 8.28. The molecule has 1 aromatic carbocycles. The summed E-state index contributed by atoms with van der Waals surface area (Å²) in [6, 6.07) is 6.33. The van der Waals surface area contributed by atoms with Gasteiger partial charge in [0, 0.05) is 11.3 Å². The number of aliphatic carboxylic acids is 1. The summed E-state index contributed by atoms with van der Waals surface area (Å²) in [5, 5.41) is 8.41. The van der Waals surface area contributed by atoms with Gasteiger partial charge in [-0.15, -0.1) is 11.8 Å². The monoisotopic (exact) mass is 228 g/mol. The minimum atomic E-state index is -0.748. The minimum Gasteiger partial charge on any atom is -0.481 e. The number of halogens is 1. The Kier molecular flexibility index (Phi) is 5.18. The van der Waals surface area contributed by atoms with E-state index < -0.39 is 5.97 Å². The maximum absolute atomic E-state index is 12.5. The summed E-state index contributed by atoms with van der Waals surface area (Å²) >= 11 is 1.62. The summed E-state index contributed by atoms with van der Waals surface area (Å²) in [7, 11) is 0. The lowest BCUT2D eigenvalue weighted by atomic mass is 10.2. The molecule has 0 saturated heterocycles. The Morgan fingerprint density at radius 1 is 1.27 bits per heavy atom. The molecule has 1 rings (SSSR count). The van der Waals surface area contributed by atoms with Crippen LogP contribution in [0.15, 0.2) is 29.2 Å². The number of carbonyl (C=O) groups is 1. The Balaban J connectivity index is 2.15. The Morgan fingerprint density at radius 2 is 1.93 bits per heavy atom. The molecule has 0 fully saturated rings. The third kappa shape index (κ3) is 5.42. The van der Waals surface area contributed by atoms with Crippen LogP contribution >= 0.6 is 11.8 Å². The van der Waals surface area contributed by atoms with Crippen molar-refractivity contribution in [3.8, 4) is 0 Å². The number of carboxylic acid groups (broad SMARTS) is 1. The van der Waals surface area contributed by atoms with E-state index in [1.165, 1.54) is 12.1 Å². The molecule has 0 aliphatic heterocycles. The molecule has 4 heteroatoms. The largest absolute Gasteiger partial charge is 0.481 e. The second-order valence-electron chi connectivity index (χ2n) is 3.15. The Morgan fingerprint density at radius 3 is 2.53 bits per heavy atom. The maximum atomic E-state index is 12.5. The van der Waals surface area contributed by atoms with Gasteiger partial charge in [-0.05, 0) is 42.9 Å². The van der Waals surface area contributed by atoms with Gasteiger partial charge >= 0.3 is 5.97 Å². The van der Waals surface area contributed by atoms with Crippen LogP contribution in [-0.2, 0) is 4.79 Å². The van der Waals surface area contributed by atoms with Crippen molar-refractivity contribution in [3.05, 3.63) is 30.1 Å². The van der Waals surface area contributed by atoms with Crippen molar-refractivity contribution in [2.45, 2.75) is 24.2 Å². The topological polar surface area (TPSA) is 37.3 Å². The predicted octanol–water partition coefficient (Wildman–Crippen LogP) is 3.17. The fourth-order valence-corrected chi connectivity index (χ4v) is 2.01. The molecule has 0 bridgehead atoms. The summed E-state index contributed by atoms with van der Waals surface area (Å²) < 4.78 is 12.5. The van der Waals surface area contributed by atoms with Crippen LogP contribution in [-0.4, -0.2) is 16.8 Å². The van der Waals surface area contributed by atoms with Gasteiger partial charge in [0.15, 0.2) is 0 Å². The highest BCUT2D eigenvalue weighted by atomic mass is 32.2. The molecule has 0 radical (unpaired) electrons. The molecule has 0 aliphatic carbocycles. The van der Waals surface area contributed by atoms with Gasteiger partial charge in [-0.3, -0.25) is 4.79 Å². The second-order valence-corrected chi connectivity index (χ2v) is 4.32. The van der Waals surface area contributed by atoms with Gasteiger partial charge in [0.1, 0.15) is 5.82 Å². The van der Waals surface area contributed by atoms with Gasteiger partial charge in [0.2, 0.25) is 0 Å². The van der Waals surface area contributed by atoms with E-state index >= 15 is 0 Å². The first-order valence-corrected chi connectivity index (χ1v) is 5.77. The fourth-order valence-electron chi connectivity index (χ4n) is 1.10. The average Bonchev–Trinajstić information content (AvgIpc) is 2.20. The highest BCUT2D eigenvalue weighted by molar-refractivity contribution is 7.99. The van der Waals surface area contributed by atoms with Crippen LogP contribution in [0.1, 0.15) is 19.3 Å². The van der Waals surface area contributed by atoms with Crippen molar-refractivity contribution in [1.82, 2.24) is 0 Å². The van der Waals surface area contributed by atoms with Crippen molar-refractivity contribution >= 4 is 17.7 Å². The van der Waals surface area contributed by atoms with Crippen molar-refractivity contribution in [3.63, 3.8) is 0 Å². The van der Waals surface area contributed by atoms with E-state index in [2.05, 4.69) is 0 Å². The third-order valence-electron chi connectivity index (χ3n) is 1.87. The molecule has 2 nitrogen and oxygen atoms in total. The molecule has 0 unspecified atom stereocenters. The molecule has 82 valence electrons. The Bertz CT molecular complexity index is 311. The van der Waals surface area contributed by atoms with Crippen molar-refractivity contribution in [1.29, 1.82) is 0 Å². The molecule has 15 heavy (non-hydrogen) atoms. The van der Waals surface area contributed by atoms with Crippen molar-refractivity contribution in [2.75, 3.05) is 5.75 Å². The number of hydrogen-bond donors (Lipinski definition) is 1. The maximum Gasteiger partial charge on any atom is 0.303 e. The Labute approximate surface area is 92.5 Å².